The molecule has 0 radical (unpaired) electrons. The third-order valence-corrected chi connectivity index (χ3v) is 1.69. The van der Waals surface area contributed by atoms with E-state index < -0.39 is 5.82 Å². The molecule has 1 aromatic carbocycles. The number of hydrogen-bond donors (Lipinski definition) is 0. The second-order valence-corrected chi connectivity index (χ2v) is 2.79. The number of halogens is 1. The molecule has 0 atom stereocenters. The molecule has 66 valence electrons. The van der Waals surface area contributed by atoms with Crippen LogP contribution >= 0.6 is 11.6 Å². The van der Waals surface area contributed by atoms with Gasteiger partial charge in [0.2, 0.25) is 0 Å². The highest BCUT2D eigenvalue weighted by molar-refractivity contribution is 6.30. The first-order valence-corrected chi connectivity index (χ1v) is 3.86. The van der Waals surface area contributed by atoms with Gasteiger partial charge in [0.25, 0.3) is 5.89 Å². The van der Waals surface area contributed by atoms with E-state index in [0.29, 0.717) is 10.6 Å². The Bertz CT molecular complexity index is 474. The van der Waals surface area contributed by atoms with Crippen LogP contribution < -0.4 is 5.82 Å². The zero-order valence-electron chi connectivity index (χ0n) is 6.36. The van der Waals surface area contributed by atoms with Crippen LogP contribution in [0.5, 0.6) is 0 Å². The Balaban J connectivity index is 2.52. The molecule has 0 spiro atoms. The van der Waals surface area contributed by atoms with Crippen molar-refractivity contribution in [1.82, 2.24) is 5.16 Å². The smallest absolute Gasteiger partial charge is 0.370 e. The van der Waals surface area contributed by atoms with Gasteiger partial charge < -0.3 is 4.42 Å². The molecular formula is C8H4ClNO3. The van der Waals surface area contributed by atoms with Gasteiger partial charge in [0.1, 0.15) is 0 Å². The van der Waals surface area contributed by atoms with Gasteiger partial charge in [-0.3, -0.25) is 4.52 Å². The van der Waals surface area contributed by atoms with Crippen LogP contribution in [0.1, 0.15) is 0 Å². The van der Waals surface area contributed by atoms with E-state index in [1.165, 1.54) is 0 Å². The summed E-state index contributed by atoms with van der Waals surface area (Å²) >= 11 is 5.72. The summed E-state index contributed by atoms with van der Waals surface area (Å²) in [5.74, 6) is -0.692. The average Bonchev–Trinajstić information content (AvgIpc) is 2.52. The third kappa shape index (κ3) is 1.62. The van der Waals surface area contributed by atoms with Crippen LogP contribution in [-0.4, -0.2) is 5.16 Å². The summed E-state index contributed by atoms with van der Waals surface area (Å²) in [5.41, 5.74) is 0.610. The lowest BCUT2D eigenvalue weighted by atomic mass is 10.2. The molecule has 1 aromatic heterocycles. The summed E-state index contributed by atoms with van der Waals surface area (Å²) in [6, 6.07) is 6.78. The quantitative estimate of drug-likeness (QED) is 0.701. The summed E-state index contributed by atoms with van der Waals surface area (Å²) < 4.78 is 8.88. The highest BCUT2D eigenvalue weighted by atomic mass is 35.5. The summed E-state index contributed by atoms with van der Waals surface area (Å²) in [4.78, 5) is 10.5. The third-order valence-electron chi connectivity index (χ3n) is 1.45. The number of hydrogen-bond acceptors (Lipinski definition) is 4. The van der Waals surface area contributed by atoms with Gasteiger partial charge in [-0.15, -0.1) is 0 Å². The normalized spacial score (nSPS) is 10.2. The molecule has 0 aliphatic carbocycles. The number of benzene rings is 1. The van der Waals surface area contributed by atoms with Crippen molar-refractivity contribution in [2.45, 2.75) is 0 Å². The molecule has 0 aliphatic rings. The molecule has 0 saturated heterocycles. The zero-order valence-corrected chi connectivity index (χ0v) is 7.12. The Labute approximate surface area is 77.7 Å². The van der Waals surface area contributed by atoms with E-state index >= 15 is 0 Å². The zero-order chi connectivity index (χ0) is 9.26. The van der Waals surface area contributed by atoms with Crippen molar-refractivity contribution in [3.05, 3.63) is 39.9 Å². The summed E-state index contributed by atoms with van der Waals surface area (Å²) in [7, 11) is 0. The summed E-state index contributed by atoms with van der Waals surface area (Å²) in [6.07, 6.45) is 0. The van der Waals surface area contributed by atoms with E-state index in [0.717, 1.165) is 0 Å². The molecule has 5 heteroatoms. The first-order chi connectivity index (χ1) is 6.25. The molecule has 4 nitrogen and oxygen atoms in total. The standard InChI is InChI=1S/C8H4ClNO3/c9-6-3-1-2-5(4-6)7-10-13-8(11)12-7/h1-4H. The van der Waals surface area contributed by atoms with Gasteiger partial charge in [-0.1, -0.05) is 17.7 Å². The van der Waals surface area contributed by atoms with Crippen LogP contribution in [0.3, 0.4) is 0 Å². The lowest BCUT2D eigenvalue weighted by Gasteiger charge is -1.92. The predicted molar refractivity (Wildman–Crippen MR) is 45.5 cm³/mol. The fraction of sp³-hybridized carbons (Fsp3) is 0. The van der Waals surface area contributed by atoms with Crippen molar-refractivity contribution in [2.75, 3.05) is 0 Å². The van der Waals surface area contributed by atoms with Gasteiger partial charge >= 0.3 is 5.82 Å². The minimum atomic E-state index is -0.824. The highest BCUT2D eigenvalue weighted by Gasteiger charge is 2.06. The molecule has 0 unspecified atom stereocenters. The van der Waals surface area contributed by atoms with Crippen molar-refractivity contribution in [3.8, 4) is 11.5 Å². The van der Waals surface area contributed by atoms with Crippen molar-refractivity contribution in [3.63, 3.8) is 0 Å². The van der Waals surface area contributed by atoms with E-state index in [9.17, 15) is 4.79 Å². The van der Waals surface area contributed by atoms with E-state index in [2.05, 4.69) is 14.1 Å². The minimum Gasteiger partial charge on any atom is -0.370 e. The Morgan fingerprint density at radius 1 is 1.38 bits per heavy atom. The first-order valence-electron chi connectivity index (χ1n) is 3.48. The van der Waals surface area contributed by atoms with E-state index in [1.54, 1.807) is 24.3 Å². The lowest BCUT2D eigenvalue weighted by molar-refractivity contribution is 0.335. The largest absolute Gasteiger partial charge is 0.542 e. The second-order valence-electron chi connectivity index (χ2n) is 2.35. The molecule has 0 saturated carbocycles. The van der Waals surface area contributed by atoms with Crippen LogP contribution in [0, 0.1) is 0 Å². The van der Waals surface area contributed by atoms with Crippen molar-refractivity contribution >= 4 is 11.6 Å². The minimum absolute atomic E-state index is 0.132. The lowest BCUT2D eigenvalue weighted by Crippen LogP contribution is -1.85. The molecule has 13 heavy (non-hydrogen) atoms. The molecule has 1 heterocycles. The van der Waals surface area contributed by atoms with Gasteiger partial charge in [-0.05, 0) is 23.4 Å². The van der Waals surface area contributed by atoms with Gasteiger partial charge in [-0.2, -0.15) is 0 Å². The average molecular weight is 198 g/mol. The first kappa shape index (κ1) is 8.07. The Morgan fingerprint density at radius 3 is 2.85 bits per heavy atom. The number of rotatable bonds is 1. The van der Waals surface area contributed by atoms with Crippen LogP contribution in [0.15, 0.2) is 38.0 Å². The SMILES string of the molecule is O=c1onc(-c2cccc(Cl)c2)o1. The number of aromatic nitrogens is 1. The van der Waals surface area contributed by atoms with Gasteiger partial charge in [-0.25, -0.2) is 4.79 Å². The molecule has 2 rings (SSSR count). The molecule has 0 N–H and O–H groups in total. The van der Waals surface area contributed by atoms with Crippen molar-refractivity contribution in [2.24, 2.45) is 0 Å². The fourth-order valence-electron chi connectivity index (χ4n) is 0.928. The maximum Gasteiger partial charge on any atom is 0.542 e. The van der Waals surface area contributed by atoms with E-state index in [-0.39, 0.29) is 5.89 Å². The second kappa shape index (κ2) is 3.06. The molecule has 2 aromatic rings. The molecule has 0 amide bonds. The van der Waals surface area contributed by atoms with Crippen molar-refractivity contribution < 1.29 is 8.94 Å². The van der Waals surface area contributed by atoms with Gasteiger partial charge in [0, 0.05) is 10.6 Å². The summed E-state index contributed by atoms with van der Waals surface area (Å²) in [5, 5.41) is 3.96. The summed E-state index contributed by atoms with van der Waals surface area (Å²) in [6.45, 7) is 0. The van der Waals surface area contributed by atoms with Crippen LogP contribution in [0.4, 0.5) is 0 Å². The van der Waals surface area contributed by atoms with Crippen molar-refractivity contribution in [1.29, 1.82) is 0 Å². The van der Waals surface area contributed by atoms with Gasteiger partial charge in [0.05, 0.1) is 0 Å². The maximum absolute atomic E-state index is 10.5. The Morgan fingerprint density at radius 2 is 2.23 bits per heavy atom. The Kier molecular flexibility index (Phi) is 1.90. The maximum atomic E-state index is 10.5. The van der Waals surface area contributed by atoms with E-state index in [4.69, 9.17) is 11.6 Å². The monoisotopic (exact) mass is 197 g/mol. The molecular weight excluding hydrogens is 194 g/mol. The Hall–Kier alpha value is -1.55. The van der Waals surface area contributed by atoms with Crippen LogP contribution in [0.25, 0.3) is 11.5 Å². The molecule has 0 bridgehead atoms. The molecule has 0 fully saturated rings. The fourth-order valence-corrected chi connectivity index (χ4v) is 1.12. The van der Waals surface area contributed by atoms with Gasteiger partial charge in [0.15, 0.2) is 0 Å². The highest BCUT2D eigenvalue weighted by Crippen LogP contribution is 2.19. The van der Waals surface area contributed by atoms with Crippen LogP contribution in [-0.2, 0) is 0 Å². The molecule has 0 aliphatic heterocycles. The predicted octanol–water partition coefficient (Wildman–Crippen LogP) is 1.95. The topological polar surface area (TPSA) is 56.2 Å². The van der Waals surface area contributed by atoms with E-state index in [1.807, 2.05) is 0 Å². The van der Waals surface area contributed by atoms with Crippen LogP contribution in [0.2, 0.25) is 5.02 Å². The number of nitrogens with zero attached hydrogens (tertiary/aromatic N) is 1.